The highest BCUT2D eigenvalue weighted by Gasteiger charge is 2.27. The Labute approximate surface area is 94.9 Å². The van der Waals surface area contributed by atoms with Crippen molar-refractivity contribution in [3.05, 3.63) is 21.4 Å². The van der Waals surface area contributed by atoms with Gasteiger partial charge >= 0.3 is 0 Å². The Morgan fingerprint density at radius 3 is 2.79 bits per heavy atom. The van der Waals surface area contributed by atoms with Crippen LogP contribution >= 0.6 is 34.5 Å². The number of nitrogens with zero attached hydrogens (tertiary/aromatic N) is 2. The lowest BCUT2D eigenvalue weighted by atomic mass is 10.2. The molecule has 0 N–H and O–H groups in total. The summed E-state index contributed by atoms with van der Waals surface area (Å²) in [5.74, 6) is 0.672. The fraction of sp³-hybridized carbons (Fsp3) is 0.333. The highest BCUT2D eigenvalue weighted by molar-refractivity contribution is 7.17. The Hall–Kier alpha value is -0.380. The third-order valence-corrected chi connectivity index (χ3v) is 3.74. The number of thiophene rings is 1. The molecule has 72 valence electrons. The molecular formula is C9H6Cl2N2S. The third kappa shape index (κ3) is 1.31. The first-order valence-corrected chi connectivity index (χ1v) is 5.99. The van der Waals surface area contributed by atoms with E-state index in [-0.39, 0.29) is 5.28 Å². The van der Waals surface area contributed by atoms with E-state index in [1.54, 1.807) is 11.3 Å². The molecule has 0 bridgehead atoms. The van der Waals surface area contributed by atoms with Crippen molar-refractivity contribution in [1.82, 2.24) is 9.97 Å². The summed E-state index contributed by atoms with van der Waals surface area (Å²) in [4.78, 5) is 9.03. The van der Waals surface area contributed by atoms with Crippen LogP contribution in [0.25, 0.3) is 10.2 Å². The van der Waals surface area contributed by atoms with Crippen LogP contribution in [0, 0.1) is 0 Å². The van der Waals surface area contributed by atoms with Gasteiger partial charge in [-0.1, -0.05) is 11.6 Å². The van der Waals surface area contributed by atoms with Gasteiger partial charge in [-0.3, -0.25) is 0 Å². The molecule has 0 unspecified atom stereocenters. The summed E-state index contributed by atoms with van der Waals surface area (Å²) in [6, 6.07) is 0. The summed E-state index contributed by atoms with van der Waals surface area (Å²) < 4.78 is 0. The number of fused-ring (bicyclic) bond motifs is 1. The number of rotatable bonds is 1. The fourth-order valence-corrected chi connectivity index (χ4v) is 3.21. The second-order valence-electron chi connectivity index (χ2n) is 3.43. The van der Waals surface area contributed by atoms with Crippen LogP contribution < -0.4 is 0 Å². The van der Waals surface area contributed by atoms with Crippen molar-refractivity contribution >= 4 is 44.8 Å². The summed E-state index contributed by atoms with van der Waals surface area (Å²) in [7, 11) is 0. The fourth-order valence-electron chi connectivity index (χ4n) is 1.59. The van der Waals surface area contributed by atoms with Gasteiger partial charge in [0.25, 0.3) is 0 Å². The first-order chi connectivity index (χ1) is 6.75. The van der Waals surface area contributed by atoms with E-state index in [9.17, 15) is 0 Å². The minimum atomic E-state index is 0.228. The molecule has 1 aliphatic carbocycles. The van der Waals surface area contributed by atoms with E-state index in [2.05, 4.69) is 15.3 Å². The zero-order valence-corrected chi connectivity index (χ0v) is 9.46. The molecule has 1 fully saturated rings. The number of aromatic nitrogens is 2. The van der Waals surface area contributed by atoms with Crippen molar-refractivity contribution in [3.8, 4) is 0 Å². The molecule has 2 nitrogen and oxygen atoms in total. The van der Waals surface area contributed by atoms with Crippen LogP contribution in [0.2, 0.25) is 10.4 Å². The molecule has 1 aliphatic rings. The van der Waals surface area contributed by atoms with Crippen molar-refractivity contribution < 1.29 is 0 Å². The maximum atomic E-state index is 6.05. The van der Waals surface area contributed by atoms with Crippen LogP contribution in [0.3, 0.4) is 0 Å². The Morgan fingerprint density at radius 2 is 2.07 bits per heavy atom. The summed E-state index contributed by atoms with van der Waals surface area (Å²) in [5, 5.41) is 3.84. The zero-order valence-electron chi connectivity index (χ0n) is 7.13. The molecule has 14 heavy (non-hydrogen) atoms. The molecule has 2 aromatic rings. The van der Waals surface area contributed by atoms with Crippen molar-refractivity contribution in [2.75, 3.05) is 0 Å². The molecule has 0 atom stereocenters. The van der Waals surface area contributed by atoms with E-state index in [0.717, 1.165) is 10.2 Å². The molecule has 0 saturated heterocycles. The molecule has 5 heteroatoms. The summed E-state index contributed by atoms with van der Waals surface area (Å²) in [6.07, 6.45) is 2.51. The molecule has 2 heterocycles. The smallest absolute Gasteiger partial charge is 0.207 e. The van der Waals surface area contributed by atoms with E-state index >= 15 is 0 Å². The monoisotopic (exact) mass is 244 g/mol. The van der Waals surface area contributed by atoms with Gasteiger partial charge in [0.15, 0.2) is 0 Å². The molecular weight excluding hydrogens is 239 g/mol. The minimum absolute atomic E-state index is 0.228. The predicted octanol–water partition coefficient (Wildman–Crippen LogP) is 3.88. The van der Waals surface area contributed by atoms with Crippen LogP contribution in [-0.2, 0) is 0 Å². The Balaban J connectivity index is 2.33. The van der Waals surface area contributed by atoms with Crippen molar-refractivity contribution in [3.63, 3.8) is 0 Å². The largest absolute Gasteiger partial charge is 0.225 e. The summed E-state index contributed by atoms with van der Waals surface area (Å²) in [5.41, 5.74) is 1.30. The van der Waals surface area contributed by atoms with Crippen LogP contribution in [0.4, 0.5) is 0 Å². The first kappa shape index (κ1) is 8.89. The number of hydrogen-bond acceptors (Lipinski definition) is 3. The lowest BCUT2D eigenvalue weighted by Crippen LogP contribution is -1.85. The van der Waals surface area contributed by atoms with Gasteiger partial charge in [0.2, 0.25) is 5.28 Å². The Bertz CT molecular complexity index is 505. The van der Waals surface area contributed by atoms with E-state index in [4.69, 9.17) is 23.2 Å². The van der Waals surface area contributed by atoms with E-state index in [1.807, 2.05) is 0 Å². The van der Waals surface area contributed by atoms with Crippen molar-refractivity contribution in [2.24, 2.45) is 0 Å². The van der Waals surface area contributed by atoms with E-state index in [0.29, 0.717) is 11.1 Å². The Kier molecular flexibility index (Phi) is 1.94. The highest BCUT2D eigenvalue weighted by atomic mass is 35.5. The van der Waals surface area contributed by atoms with Gasteiger partial charge in [0, 0.05) is 0 Å². The average Bonchev–Trinajstić information content (AvgIpc) is 2.87. The van der Waals surface area contributed by atoms with Crippen LogP contribution in [0.1, 0.15) is 24.3 Å². The molecule has 0 amide bonds. The molecule has 0 aliphatic heterocycles. The standard InChI is InChI=1S/C9H6Cl2N2S/c10-7-6-5(4-1-2-4)3-14-8(6)13-9(11)12-7/h3-4H,1-2H2. The van der Waals surface area contributed by atoms with Gasteiger partial charge in [0.05, 0.1) is 5.39 Å². The average molecular weight is 245 g/mol. The van der Waals surface area contributed by atoms with Gasteiger partial charge in [-0.2, -0.15) is 0 Å². The van der Waals surface area contributed by atoms with Crippen molar-refractivity contribution in [1.29, 1.82) is 0 Å². The molecule has 0 spiro atoms. The summed E-state index contributed by atoms with van der Waals surface area (Å²) >= 11 is 13.4. The SMILES string of the molecule is Clc1nc(Cl)c2c(C3CC3)csc2n1. The zero-order chi connectivity index (χ0) is 9.71. The van der Waals surface area contributed by atoms with Crippen LogP contribution in [0.15, 0.2) is 5.38 Å². The molecule has 0 aromatic carbocycles. The molecule has 1 saturated carbocycles. The molecule has 3 rings (SSSR count). The second-order valence-corrected chi connectivity index (χ2v) is 4.98. The lowest BCUT2D eigenvalue weighted by molar-refractivity contribution is 1.15. The van der Waals surface area contributed by atoms with Crippen molar-refractivity contribution in [2.45, 2.75) is 18.8 Å². The van der Waals surface area contributed by atoms with Gasteiger partial charge in [-0.05, 0) is 41.3 Å². The van der Waals surface area contributed by atoms with Gasteiger partial charge in [-0.15, -0.1) is 11.3 Å². The molecule has 0 radical (unpaired) electrons. The van der Waals surface area contributed by atoms with Gasteiger partial charge in [0.1, 0.15) is 9.98 Å². The normalized spacial score (nSPS) is 16.4. The van der Waals surface area contributed by atoms with E-state index in [1.165, 1.54) is 18.4 Å². The Morgan fingerprint density at radius 1 is 1.29 bits per heavy atom. The highest BCUT2D eigenvalue weighted by Crippen LogP contribution is 2.46. The van der Waals surface area contributed by atoms with Crippen LogP contribution in [0.5, 0.6) is 0 Å². The third-order valence-electron chi connectivity index (χ3n) is 2.41. The topological polar surface area (TPSA) is 25.8 Å². The quantitative estimate of drug-likeness (QED) is 0.562. The maximum absolute atomic E-state index is 6.05. The maximum Gasteiger partial charge on any atom is 0.225 e. The predicted molar refractivity (Wildman–Crippen MR) is 59.4 cm³/mol. The van der Waals surface area contributed by atoms with Crippen LogP contribution in [-0.4, -0.2) is 9.97 Å². The van der Waals surface area contributed by atoms with Gasteiger partial charge < -0.3 is 0 Å². The first-order valence-electron chi connectivity index (χ1n) is 4.36. The number of hydrogen-bond donors (Lipinski definition) is 0. The number of halogens is 2. The van der Waals surface area contributed by atoms with Gasteiger partial charge in [-0.25, -0.2) is 9.97 Å². The lowest BCUT2D eigenvalue weighted by Gasteiger charge is -1.97. The van der Waals surface area contributed by atoms with E-state index < -0.39 is 0 Å². The summed E-state index contributed by atoms with van der Waals surface area (Å²) in [6.45, 7) is 0. The molecule has 2 aromatic heterocycles. The minimum Gasteiger partial charge on any atom is -0.207 e. The second kappa shape index (κ2) is 3.05.